The van der Waals surface area contributed by atoms with Crippen LogP contribution < -0.4 is 0 Å². The average molecular weight is 549 g/mol. The van der Waals surface area contributed by atoms with Gasteiger partial charge in [-0.25, -0.2) is 14.4 Å². The van der Waals surface area contributed by atoms with E-state index in [4.69, 9.17) is 9.47 Å². The minimum Gasteiger partial charge on any atom is -0.479 e. The molecular weight excluding hydrogens is 508 g/mol. The lowest BCUT2D eigenvalue weighted by atomic mass is 9.87. The van der Waals surface area contributed by atoms with Gasteiger partial charge in [0.05, 0.1) is 0 Å². The summed E-state index contributed by atoms with van der Waals surface area (Å²) in [6.45, 7) is 8.49. The number of hydrogen-bond donors (Lipinski definition) is 1. The van der Waals surface area contributed by atoms with E-state index >= 15 is 0 Å². The third-order valence-electron chi connectivity index (χ3n) is 8.58. The lowest BCUT2D eigenvalue weighted by molar-refractivity contribution is -0.152. The number of amides is 2. The first kappa shape index (κ1) is 28.0. The second-order valence-corrected chi connectivity index (χ2v) is 12.9. The highest BCUT2D eigenvalue weighted by Gasteiger charge is 2.53. The van der Waals surface area contributed by atoms with Crippen LogP contribution in [0.25, 0.3) is 11.1 Å². The zero-order valence-corrected chi connectivity index (χ0v) is 23.9. The van der Waals surface area contributed by atoms with Gasteiger partial charge in [-0.05, 0) is 80.5 Å². The summed E-state index contributed by atoms with van der Waals surface area (Å²) in [6, 6.07) is 16.3. The second kappa shape index (κ2) is 10.5. The highest BCUT2D eigenvalue weighted by Crippen LogP contribution is 2.48. The molecule has 214 valence electrons. The van der Waals surface area contributed by atoms with Gasteiger partial charge in [-0.1, -0.05) is 55.5 Å². The van der Waals surface area contributed by atoms with Crippen molar-refractivity contribution in [1.29, 1.82) is 0 Å². The third kappa shape index (κ3) is 5.54. The number of rotatable bonds is 6. The Morgan fingerprint density at radius 3 is 2.10 bits per heavy atom. The van der Waals surface area contributed by atoms with E-state index < -0.39 is 29.3 Å². The minimum absolute atomic E-state index is 0.113. The molecule has 2 aromatic rings. The van der Waals surface area contributed by atoms with Crippen LogP contribution in [0.4, 0.5) is 9.59 Å². The van der Waals surface area contributed by atoms with Crippen molar-refractivity contribution < 1.29 is 29.0 Å². The molecule has 3 aliphatic rings. The van der Waals surface area contributed by atoms with Crippen molar-refractivity contribution >= 4 is 18.2 Å². The molecule has 0 spiro atoms. The van der Waals surface area contributed by atoms with Gasteiger partial charge in [0.1, 0.15) is 17.7 Å². The van der Waals surface area contributed by atoms with Crippen LogP contribution in [0.2, 0.25) is 0 Å². The van der Waals surface area contributed by atoms with Gasteiger partial charge in [0.2, 0.25) is 0 Å². The minimum atomic E-state index is -1.47. The predicted octanol–water partition coefficient (Wildman–Crippen LogP) is 6.28. The van der Waals surface area contributed by atoms with Gasteiger partial charge in [-0.3, -0.25) is 4.90 Å². The van der Waals surface area contributed by atoms with Crippen LogP contribution in [0, 0.1) is 5.41 Å². The van der Waals surface area contributed by atoms with E-state index in [2.05, 4.69) is 31.2 Å². The molecule has 2 aliphatic carbocycles. The number of carboxylic acid groups (broad SMARTS) is 1. The maximum absolute atomic E-state index is 13.9. The Labute approximate surface area is 236 Å². The summed E-state index contributed by atoms with van der Waals surface area (Å²) in [5.74, 6) is -1.18. The zero-order valence-electron chi connectivity index (χ0n) is 23.9. The Morgan fingerprint density at radius 1 is 0.950 bits per heavy atom. The number of fused-ring (bicyclic) bond motifs is 3. The third-order valence-corrected chi connectivity index (χ3v) is 8.58. The fourth-order valence-electron chi connectivity index (χ4n) is 6.04. The molecule has 2 amide bonds. The summed E-state index contributed by atoms with van der Waals surface area (Å²) in [6.07, 6.45) is 1.58. The van der Waals surface area contributed by atoms with E-state index in [1.54, 1.807) is 25.7 Å². The molecule has 8 heteroatoms. The van der Waals surface area contributed by atoms with E-state index in [9.17, 15) is 19.5 Å². The standard InChI is InChI=1S/C32H40N2O6/c1-30(2,3)40-28(37)33-18-9-14-32(17-19-33,27(35)36)34(21-31(4)15-16-31)29(38)39-20-26-24-12-7-5-10-22(24)23-11-6-8-13-25(23)26/h5-8,10-13,26H,9,14-21H2,1-4H3,(H,35,36). The van der Waals surface area contributed by atoms with Crippen molar-refractivity contribution in [2.75, 3.05) is 26.2 Å². The molecule has 1 heterocycles. The fourth-order valence-corrected chi connectivity index (χ4v) is 6.04. The maximum atomic E-state index is 13.9. The fraction of sp³-hybridized carbons (Fsp3) is 0.531. The van der Waals surface area contributed by atoms with Gasteiger partial charge >= 0.3 is 18.2 Å². The first-order valence-corrected chi connectivity index (χ1v) is 14.3. The predicted molar refractivity (Wildman–Crippen MR) is 151 cm³/mol. The van der Waals surface area contributed by atoms with Crippen molar-refractivity contribution in [3.05, 3.63) is 59.7 Å². The Morgan fingerprint density at radius 2 is 1.55 bits per heavy atom. The van der Waals surface area contributed by atoms with Crippen molar-refractivity contribution in [2.45, 2.75) is 76.9 Å². The molecular formula is C32H40N2O6. The van der Waals surface area contributed by atoms with Crippen LogP contribution in [0.3, 0.4) is 0 Å². The number of benzene rings is 2. The lowest BCUT2D eigenvalue weighted by Crippen LogP contribution is -2.59. The molecule has 1 unspecified atom stereocenters. The summed E-state index contributed by atoms with van der Waals surface area (Å²) >= 11 is 0. The number of carbonyl (C=O) groups is 3. The summed E-state index contributed by atoms with van der Waals surface area (Å²) in [7, 11) is 0. The quantitative estimate of drug-likeness (QED) is 0.456. The molecule has 8 nitrogen and oxygen atoms in total. The summed E-state index contributed by atoms with van der Waals surface area (Å²) in [5.41, 5.74) is 2.22. The van der Waals surface area contributed by atoms with Crippen molar-refractivity contribution in [1.82, 2.24) is 9.80 Å². The molecule has 0 bridgehead atoms. The molecule has 0 radical (unpaired) electrons. The molecule has 1 aliphatic heterocycles. The van der Waals surface area contributed by atoms with E-state index in [-0.39, 0.29) is 37.3 Å². The van der Waals surface area contributed by atoms with Crippen LogP contribution in [-0.2, 0) is 14.3 Å². The largest absolute Gasteiger partial charge is 0.479 e. The Balaban J connectivity index is 1.38. The number of carboxylic acids is 1. The molecule has 1 N–H and O–H groups in total. The van der Waals surface area contributed by atoms with Gasteiger partial charge in [0.15, 0.2) is 0 Å². The number of carbonyl (C=O) groups excluding carboxylic acids is 2. The maximum Gasteiger partial charge on any atom is 0.410 e. The molecule has 5 rings (SSSR count). The van der Waals surface area contributed by atoms with Gasteiger partial charge in [-0.2, -0.15) is 0 Å². The van der Waals surface area contributed by atoms with Gasteiger partial charge in [0, 0.05) is 25.6 Å². The molecule has 1 atom stereocenters. The SMILES string of the molecule is CC1(CN(C(=O)OCC2c3ccccc3-c3ccccc32)C2(C(=O)O)CCCN(C(=O)OC(C)(C)C)CC2)CC1. The number of likely N-dealkylation sites (tertiary alicyclic amines) is 1. The van der Waals surface area contributed by atoms with Crippen molar-refractivity contribution in [2.24, 2.45) is 5.41 Å². The normalized spacial score (nSPS) is 21.6. The van der Waals surface area contributed by atoms with Crippen LogP contribution >= 0.6 is 0 Å². The second-order valence-electron chi connectivity index (χ2n) is 12.9. The van der Waals surface area contributed by atoms with Gasteiger partial charge in [-0.15, -0.1) is 0 Å². The van der Waals surface area contributed by atoms with E-state index in [1.165, 1.54) is 4.90 Å². The highest BCUT2D eigenvalue weighted by molar-refractivity contribution is 5.85. The van der Waals surface area contributed by atoms with Gasteiger partial charge < -0.3 is 19.5 Å². The first-order valence-electron chi connectivity index (χ1n) is 14.3. The number of ether oxygens (including phenoxy) is 2. The van der Waals surface area contributed by atoms with Crippen LogP contribution in [-0.4, -0.2) is 70.4 Å². The molecule has 0 aromatic heterocycles. The molecule has 1 saturated carbocycles. The van der Waals surface area contributed by atoms with E-state index in [0.717, 1.165) is 35.1 Å². The lowest BCUT2D eigenvalue weighted by Gasteiger charge is -2.41. The first-order chi connectivity index (χ1) is 18.9. The monoisotopic (exact) mass is 548 g/mol. The number of hydrogen-bond acceptors (Lipinski definition) is 5. The number of aliphatic carboxylic acids is 1. The van der Waals surface area contributed by atoms with Crippen LogP contribution in [0.15, 0.2) is 48.5 Å². The van der Waals surface area contributed by atoms with Crippen LogP contribution in [0.5, 0.6) is 0 Å². The van der Waals surface area contributed by atoms with E-state index in [1.807, 2.05) is 24.3 Å². The van der Waals surface area contributed by atoms with Gasteiger partial charge in [0.25, 0.3) is 0 Å². The number of nitrogens with zero attached hydrogens (tertiary/aromatic N) is 2. The molecule has 1 saturated heterocycles. The van der Waals surface area contributed by atoms with Crippen molar-refractivity contribution in [3.63, 3.8) is 0 Å². The Hall–Kier alpha value is -3.55. The zero-order chi connectivity index (χ0) is 28.7. The Bertz CT molecular complexity index is 1250. The summed E-state index contributed by atoms with van der Waals surface area (Å²) in [4.78, 5) is 42.7. The Kier molecular flexibility index (Phi) is 7.31. The topological polar surface area (TPSA) is 96.4 Å². The van der Waals surface area contributed by atoms with E-state index in [0.29, 0.717) is 19.5 Å². The summed E-state index contributed by atoms with van der Waals surface area (Å²) in [5, 5.41) is 10.6. The average Bonchev–Trinajstić information content (AvgIpc) is 3.61. The smallest absolute Gasteiger partial charge is 0.410 e. The van der Waals surface area contributed by atoms with Crippen molar-refractivity contribution in [3.8, 4) is 11.1 Å². The molecule has 2 fully saturated rings. The molecule has 2 aromatic carbocycles. The molecule has 40 heavy (non-hydrogen) atoms. The summed E-state index contributed by atoms with van der Waals surface area (Å²) < 4.78 is 11.6. The highest BCUT2D eigenvalue weighted by atomic mass is 16.6. The van der Waals surface area contributed by atoms with Crippen LogP contribution in [0.1, 0.15) is 76.8 Å².